The van der Waals surface area contributed by atoms with Crippen LogP contribution in [0, 0.1) is 6.92 Å². The monoisotopic (exact) mass is 229 g/mol. The number of nitrogens with one attached hydrogen (secondary N) is 2. The van der Waals surface area contributed by atoms with Crippen molar-refractivity contribution >= 4 is 11.6 Å². The first-order chi connectivity index (χ1) is 8.28. The lowest BCUT2D eigenvalue weighted by Gasteiger charge is -2.06. The largest absolute Gasteiger partial charge is 0.373 e. The Bertz CT molecular complexity index is 481. The molecule has 0 saturated carbocycles. The van der Waals surface area contributed by atoms with Gasteiger partial charge < -0.3 is 10.6 Å². The van der Waals surface area contributed by atoms with E-state index in [1.165, 1.54) is 6.33 Å². The first kappa shape index (κ1) is 11.3. The molecule has 0 bridgehead atoms. The molecule has 2 aromatic rings. The number of rotatable bonds is 4. The van der Waals surface area contributed by atoms with E-state index in [4.69, 9.17) is 0 Å². The maximum atomic E-state index is 4.24. The van der Waals surface area contributed by atoms with Gasteiger partial charge in [-0.05, 0) is 18.6 Å². The molecule has 5 heteroatoms. The van der Waals surface area contributed by atoms with Crippen molar-refractivity contribution in [1.82, 2.24) is 15.0 Å². The zero-order chi connectivity index (χ0) is 12.1. The van der Waals surface area contributed by atoms with E-state index in [0.29, 0.717) is 6.54 Å². The summed E-state index contributed by atoms with van der Waals surface area (Å²) < 4.78 is 0. The van der Waals surface area contributed by atoms with Gasteiger partial charge in [0.1, 0.15) is 18.0 Å². The molecule has 2 rings (SSSR count). The number of aryl methyl sites for hydroxylation is 1. The minimum atomic E-state index is 0.702. The van der Waals surface area contributed by atoms with Gasteiger partial charge in [0.15, 0.2) is 0 Å². The quantitative estimate of drug-likeness (QED) is 0.837. The standard InChI is InChI=1S/C12H15N5/c1-9-3-4-10(6-14-9)7-15-12-5-11(13-2)16-8-17-12/h3-6,8H,7H2,1-2H3,(H2,13,15,16,17). The topological polar surface area (TPSA) is 62.7 Å². The van der Waals surface area contributed by atoms with Gasteiger partial charge in [0, 0.05) is 31.5 Å². The smallest absolute Gasteiger partial charge is 0.131 e. The second-order valence-electron chi connectivity index (χ2n) is 3.70. The van der Waals surface area contributed by atoms with E-state index < -0.39 is 0 Å². The molecule has 0 aliphatic heterocycles. The fraction of sp³-hybridized carbons (Fsp3) is 0.250. The van der Waals surface area contributed by atoms with Gasteiger partial charge in [0.05, 0.1) is 0 Å². The number of hydrogen-bond donors (Lipinski definition) is 2. The molecular formula is C12H15N5. The Hall–Kier alpha value is -2.17. The third kappa shape index (κ3) is 3.14. The van der Waals surface area contributed by atoms with Crippen LogP contribution in [0.1, 0.15) is 11.3 Å². The first-order valence-electron chi connectivity index (χ1n) is 5.43. The fourth-order valence-corrected chi connectivity index (χ4v) is 1.39. The van der Waals surface area contributed by atoms with Crippen molar-refractivity contribution in [1.29, 1.82) is 0 Å². The zero-order valence-electron chi connectivity index (χ0n) is 9.94. The summed E-state index contributed by atoms with van der Waals surface area (Å²) in [6, 6.07) is 5.91. The van der Waals surface area contributed by atoms with Gasteiger partial charge in [0.25, 0.3) is 0 Å². The summed E-state index contributed by atoms with van der Waals surface area (Å²) in [4.78, 5) is 12.4. The number of anilines is 2. The van der Waals surface area contributed by atoms with Crippen LogP contribution in [0.25, 0.3) is 0 Å². The van der Waals surface area contributed by atoms with Gasteiger partial charge in [-0.15, -0.1) is 0 Å². The lowest BCUT2D eigenvalue weighted by atomic mass is 10.2. The lowest BCUT2D eigenvalue weighted by Crippen LogP contribution is -2.03. The van der Waals surface area contributed by atoms with Crippen LogP contribution in [0.5, 0.6) is 0 Å². The van der Waals surface area contributed by atoms with Gasteiger partial charge in [-0.2, -0.15) is 0 Å². The van der Waals surface area contributed by atoms with Crippen LogP contribution in [0.4, 0.5) is 11.6 Å². The van der Waals surface area contributed by atoms with E-state index in [0.717, 1.165) is 22.9 Å². The Morgan fingerprint density at radius 1 is 1.12 bits per heavy atom. The summed E-state index contributed by atoms with van der Waals surface area (Å²) in [5.41, 5.74) is 2.15. The van der Waals surface area contributed by atoms with Crippen LogP contribution >= 0.6 is 0 Å². The molecule has 0 saturated heterocycles. The normalized spacial score (nSPS) is 10.0. The summed E-state index contributed by atoms with van der Waals surface area (Å²) >= 11 is 0. The summed E-state index contributed by atoms with van der Waals surface area (Å²) in [6.45, 7) is 2.67. The number of aromatic nitrogens is 3. The third-order valence-corrected chi connectivity index (χ3v) is 2.37. The second-order valence-corrected chi connectivity index (χ2v) is 3.70. The Kier molecular flexibility index (Phi) is 3.49. The summed E-state index contributed by atoms with van der Waals surface area (Å²) in [7, 11) is 1.83. The molecule has 0 aliphatic carbocycles. The Balaban J connectivity index is 1.99. The molecule has 88 valence electrons. The summed E-state index contributed by atoms with van der Waals surface area (Å²) in [5, 5.41) is 6.19. The molecule has 0 aliphatic rings. The maximum Gasteiger partial charge on any atom is 0.131 e. The molecule has 17 heavy (non-hydrogen) atoms. The lowest BCUT2D eigenvalue weighted by molar-refractivity contribution is 1.05. The highest BCUT2D eigenvalue weighted by Crippen LogP contribution is 2.09. The predicted octanol–water partition coefficient (Wildman–Crippen LogP) is 1.83. The highest BCUT2D eigenvalue weighted by molar-refractivity contribution is 5.46. The molecule has 0 fully saturated rings. The molecule has 0 spiro atoms. The van der Waals surface area contributed by atoms with Crippen molar-refractivity contribution in [3.05, 3.63) is 42.0 Å². The summed E-state index contributed by atoms with van der Waals surface area (Å²) in [5.74, 6) is 1.59. The van der Waals surface area contributed by atoms with E-state index in [1.807, 2.05) is 32.3 Å². The number of hydrogen-bond acceptors (Lipinski definition) is 5. The van der Waals surface area contributed by atoms with Crippen LogP contribution < -0.4 is 10.6 Å². The molecule has 2 heterocycles. The molecule has 0 amide bonds. The van der Waals surface area contributed by atoms with Crippen LogP contribution in [0.2, 0.25) is 0 Å². The molecule has 2 aromatic heterocycles. The second kappa shape index (κ2) is 5.25. The number of pyridine rings is 1. The van der Waals surface area contributed by atoms with Crippen molar-refractivity contribution < 1.29 is 0 Å². The highest BCUT2D eigenvalue weighted by Gasteiger charge is 1.97. The maximum absolute atomic E-state index is 4.24. The first-order valence-corrected chi connectivity index (χ1v) is 5.43. The molecule has 0 unspecified atom stereocenters. The molecule has 5 nitrogen and oxygen atoms in total. The molecule has 0 radical (unpaired) electrons. The van der Waals surface area contributed by atoms with Crippen molar-refractivity contribution in [2.75, 3.05) is 17.7 Å². The Labute approximate surface area is 100 Å². The van der Waals surface area contributed by atoms with E-state index in [-0.39, 0.29) is 0 Å². The Morgan fingerprint density at radius 2 is 1.94 bits per heavy atom. The van der Waals surface area contributed by atoms with E-state index in [1.54, 1.807) is 0 Å². The van der Waals surface area contributed by atoms with Crippen molar-refractivity contribution in [3.63, 3.8) is 0 Å². The SMILES string of the molecule is CNc1cc(NCc2ccc(C)nc2)ncn1. The van der Waals surface area contributed by atoms with Crippen LogP contribution in [-0.4, -0.2) is 22.0 Å². The molecule has 0 aromatic carbocycles. The van der Waals surface area contributed by atoms with Crippen molar-refractivity contribution in [2.45, 2.75) is 13.5 Å². The average molecular weight is 229 g/mol. The summed E-state index contributed by atoms with van der Waals surface area (Å²) in [6.07, 6.45) is 3.39. The van der Waals surface area contributed by atoms with Gasteiger partial charge in [-0.25, -0.2) is 9.97 Å². The predicted molar refractivity (Wildman–Crippen MR) is 67.9 cm³/mol. The van der Waals surface area contributed by atoms with Gasteiger partial charge in [-0.1, -0.05) is 6.07 Å². The number of nitrogens with zero attached hydrogens (tertiary/aromatic N) is 3. The van der Waals surface area contributed by atoms with Crippen LogP contribution in [0.3, 0.4) is 0 Å². The van der Waals surface area contributed by atoms with Gasteiger partial charge in [0.2, 0.25) is 0 Å². The molecular weight excluding hydrogens is 214 g/mol. The molecule has 0 atom stereocenters. The minimum absolute atomic E-state index is 0.702. The van der Waals surface area contributed by atoms with Crippen molar-refractivity contribution in [2.24, 2.45) is 0 Å². The van der Waals surface area contributed by atoms with E-state index in [2.05, 4.69) is 31.7 Å². The van der Waals surface area contributed by atoms with E-state index >= 15 is 0 Å². The zero-order valence-corrected chi connectivity index (χ0v) is 9.94. The average Bonchev–Trinajstić information content (AvgIpc) is 2.38. The van der Waals surface area contributed by atoms with Gasteiger partial charge in [-0.3, -0.25) is 4.98 Å². The van der Waals surface area contributed by atoms with Crippen LogP contribution in [0.15, 0.2) is 30.7 Å². The van der Waals surface area contributed by atoms with Gasteiger partial charge >= 0.3 is 0 Å². The highest BCUT2D eigenvalue weighted by atomic mass is 15.1. The minimum Gasteiger partial charge on any atom is -0.373 e. The molecule has 2 N–H and O–H groups in total. The van der Waals surface area contributed by atoms with Crippen molar-refractivity contribution in [3.8, 4) is 0 Å². The third-order valence-electron chi connectivity index (χ3n) is 2.37. The Morgan fingerprint density at radius 3 is 2.65 bits per heavy atom. The van der Waals surface area contributed by atoms with E-state index in [9.17, 15) is 0 Å². The fourth-order valence-electron chi connectivity index (χ4n) is 1.39. The van der Waals surface area contributed by atoms with Crippen LogP contribution in [-0.2, 0) is 6.54 Å².